The molecule has 0 aliphatic heterocycles. The van der Waals surface area contributed by atoms with Crippen LogP contribution in [0.3, 0.4) is 0 Å². The van der Waals surface area contributed by atoms with Crippen LogP contribution in [0.1, 0.15) is 0 Å². The van der Waals surface area contributed by atoms with Crippen LogP contribution in [0.5, 0.6) is 17.2 Å². The standard InChI is InChI=1S/C12H12O3/c1-14-11-9-6-4-3-5-8(9)7-10(13)12(11)15-2/h3-7,13H,1-2H3. The van der Waals surface area contributed by atoms with E-state index in [0.29, 0.717) is 11.5 Å². The zero-order valence-electron chi connectivity index (χ0n) is 8.65. The Bertz CT molecular complexity index is 491. The molecule has 78 valence electrons. The lowest BCUT2D eigenvalue weighted by molar-refractivity contribution is 0.336. The van der Waals surface area contributed by atoms with E-state index in [2.05, 4.69) is 0 Å². The predicted molar refractivity (Wildman–Crippen MR) is 58.7 cm³/mol. The zero-order valence-corrected chi connectivity index (χ0v) is 8.65. The summed E-state index contributed by atoms with van der Waals surface area (Å²) in [5.74, 6) is 1.03. The highest BCUT2D eigenvalue weighted by Crippen LogP contribution is 2.42. The molecule has 0 saturated heterocycles. The van der Waals surface area contributed by atoms with Gasteiger partial charge in [0.25, 0.3) is 0 Å². The molecule has 1 N–H and O–H groups in total. The summed E-state index contributed by atoms with van der Waals surface area (Å²) in [5.41, 5.74) is 0. The smallest absolute Gasteiger partial charge is 0.203 e. The molecular weight excluding hydrogens is 192 g/mol. The number of hydrogen-bond acceptors (Lipinski definition) is 3. The Morgan fingerprint density at radius 1 is 1.00 bits per heavy atom. The molecule has 2 rings (SSSR count). The molecule has 0 bridgehead atoms. The van der Waals surface area contributed by atoms with Gasteiger partial charge in [-0.2, -0.15) is 0 Å². The van der Waals surface area contributed by atoms with Gasteiger partial charge in [0.1, 0.15) is 0 Å². The van der Waals surface area contributed by atoms with Crippen molar-refractivity contribution in [2.45, 2.75) is 0 Å². The zero-order chi connectivity index (χ0) is 10.8. The van der Waals surface area contributed by atoms with Gasteiger partial charge in [-0.3, -0.25) is 0 Å². The Morgan fingerprint density at radius 2 is 1.67 bits per heavy atom. The fourth-order valence-corrected chi connectivity index (χ4v) is 1.68. The molecule has 0 heterocycles. The Morgan fingerprint density at radius 3 is 2.33 bits per heavy atom. The normalized spacial score (nSPS) is 10.3. The second-order valence-electron chi connectivity index (χ2n) is 3.18. The van der Waals surface area contributed by atoms with E-state index in [1.165, 1.54) is 7.11 Å². The fraction of sp³-hybridized carbons (Fsp3) is 0.167. The molecule has 15 heavy (non-hydrogen) atoms. The third-order valence-electron chi connectivity index (χ3n) is 2.34. The van der Waals surface area contributed by atoms with Crippen molar-refractivity contribution in [3.8, 4) is 17.2 Å². The summed E-state index contributed by atoms with van der Waals surface area (Å²) < 4.78 is 10.3. The first-order chi connectivity index (χ1) is 7.27. The van der Waals surface area contributed by atoms with E-state index in [9.17, 15) is 5.11 Å². The van der Waals surface area contributed by atoms with Crippen LogP contribution in [-0.2, 0) is 0 Å². The topological polar surface area (TPSA) is 38.7 Å². The Hall–Kier alpha value is -1.90. The second kappa shape index (κ2) is 3.69. The van der Waals surface area contributed by atoms with Gasteiger partial charge in [0, 0.05) is 5.39 Å². The number of hydrogen-bond donors (Lipinski definition) is 1. The van der Waals surface area contributed by atoms with Crippen molar-refractivity contribution in [2.75, 3.05) is 14.2 Å². The van der Waals surface area contributed by atoms with Crippen molar-refractivity contribution >= 4 is 10.8 Å². The van der Waals surface area contributed by atoms with E-state index >= 15 is 0 Å². The molecular formula is C12H12O3. The average molecular weight is 204 g/mol. The Kier molecular flexibility index (Phi) is 2.37. The summed E-state index contributed by atoms with van der Waals surface area (Å²) in [6, 6.07) is 9.33. The Balaban J connectivity index is 2.84. The average Bonchev–Trinajstić information content (AvgIpc) is 2.27. The number of phenols is 1. The first kappa shape index (κ1) is 9.65. The van der Waals surface area contributed by atoms with Crippen molar-refractivity contribution in [3.63, 3.8) is 0 Å². The third kappa shape index (κ3) is 1.46. The minimum atomic E-state index is 0.0908. The monoisotopic (exact) mass is 204 g/mol. The minimum Gasteiger partial charge on any atom is -0.504 e. The van der Waals surface area contributed by atoms with Gasteiger partial charge in [0.05, 0.1) is 14.2 Å². The number of fused-ring (bicyclic) bond motifs is 1. The highest BCUT2D eigenvalue weighted by Gasteiger charge is 2.13. The molecule has 3 heteroatoms. The summed E-state index contributed by atoms with van der Waals surface area (Å²) in [5, 5.41) is 11.6. The summed E-state index contributed by atoms with van der Waals surface area (Å²) in [6.45, 7) is 0. The lowest BCUT2D eigenvalue weighted by atomic mass is 10.1. The summed E-state index contributed by atoms with van der Waals surface area (Å²) >= 11 is 0. The van der Waals surface area contributed by atoms with Gasteiger partial charge in [-0.15, -0.1) is 0 Å². The number of phenolic OH excluding ortho intramolecular Hbond substituents is 1. The molecule has 0 amide bonds. The lowest BCUT2D eigenvalue weighted by Gasteiger charge is -2.12. The maximum atomic E-state index is 9.72. The molecule has 2 aromatic carbocycles. The lowest BCUT2D eigenvalue weighted by Crippen LogP contribution is -1.92. The maximum Gasteiger partial charge on any atom is 0.203 e. The molecule has 2 aromatic rings. The van der Waals surface area contributed by atoms with Crippen molar-refractivity contribution < 1.29 is 14.6 Å². The molecule has 0 radical (unpaired) electrons. The van der Waals surface area contributed by atoms with Gasteiger partial charge in [0.15, 0.2) is 11.5 Å². The molecule has 0 atom stereocenters. The predicted octanol–water partition coefficient (Wildman–Crippen LogP) is 2.56. The van der Waals surface area contributed by atoms with Crippen LogP contribution in [0.4, 0.5) is 0 Å². The van der Waals surface area contributed by atoms with Crippen LogP contribution in [0.2, 0.25) is 0 Å². The summed E-state index contributed by atoms with van der Waals surface area (Å²) in [4.78, 5) is 0. The quantitative estimate of drug-likeness (QED) is 0.817. The number of aromatic hydroxyl groups is 1. The highest BCUT2D eigenvalue weighted by molar-refractivity contribution is 5.92. The van der Waals surface area contributed by atoms with Crippen LogP contribution in [-0.4, -0.2) is 19.3 Å². The van der Waals surface area contributed by atoms with Crippen LogP contribution >= 0.6 is 0 Å². The molecule has 0 aliphatic rings. The minimum absolute atomic E-state index is 0.0908. The van der Waals surface area contributed by atoms with Gasteiger partial charge in [-0.05, 0) is 11.5 Å². The van der Waals surface area contributed by atoms with Crippen LogP contribution in [0, 0.1) is 0 Å². The Labute approximate surface area is 87.9 Å². The SMILES string of the molecule is COc1c(O)cc2ccccc2c1OC. The van der Waals surface area contributed by atoms with E-state index in [0.717, 1.165) is 10.8 Å². The molecule has 0 saturated carbocycles. The molecule has 0 unspecified atom stereocenters. The number of methoxy groups -OCH3 is 2. The van der Waals surface area contributed by atoms with Crippen LogP contribution < -0.4 is 9.47 Å². The van der Waals surface area contributed by atoms with Gasteiger partial charge in [-0.25, -0.2) is 0 Å². The fourth-order valence-electron chi connectivity index (χ4n) is 1.68. The summed E-state index contributed by atoms with van der Waals surface area (Å²) in [6.07, 6.45) is 0. The first-order valence-corrected chi connectivity index (χ1v) is 4.60. The molecule has 0 aliphatic carbocycles. The van der Waals surface area contributed by atoms with E-state index in [4.69, 9.17) is 9.47 Å². The van der Waals surface area contributed by atoms with Crippen molar-refractivity contribution in [1.82, 2.24) is 0 Å². The number of benzene rings is 2. The molecule has 0 spiro atoms. The van der Waals surface area contributed by atoms with Gasteiger partial charge < -0.3 is 14.6 Å². The first-order valence-electron chi connectivity index (χ1n) is 4.60. The van der Waals surface area contributed by atoms with Gasteiger partial charge >= 0.3 is 0 Å². The number of rotatable bonds is 2. The molecule has 0 fully saturated rings. The number of ether oxygens (including phenoxy) is 2. The summed E-state index contributed by atoms with van der Waals surface area (Å²) in [7, 11) is 3.07. The van der Waals surface area contributed by atoms with E-state index in [1.54, 1.807) is 13.2 Å². The van der Waals surface area contributed by atoms with Crippen molar-refractivity contribution in [1.29, 1.82) is 0 Å². The van der Waals surface area contributed by atoms with Gasteiger partial charge in [-0.1, -0.05) is 24.3 Å². The molecule has 0 aromatic heterocycles. The molecule has 3 nitrogen and oxygen atoms in total. The van der Waals surface area contributed by atoms with Crippen molar-refractivity contribution in [2.24, 2.45) is 0 Å². The third-order valence-corrected chi connectivity index (χ3v) is 2.34. The van der Waals surface area contributed by atoms with Gasteiger partial charge in [0.2, 0.25) is 5.75 Å². The van der Waals surface area contributed by atoms with E-state index in [1.807, 2.05) is 24.3 Å². The van der Waals surface area contributed by atoms with E-state index < -0.39 is 0 Å². The maximum absolute atomic E-state index is 9.72. The second-order valence-corrected chi connectivity index (χ2v) is 3.18. The largest absolute Gasteiger partial charge is 0.504 e. The van der Waals surface area contributed by atoms with Crippen LogP contribution in [0.25, 0.3) is 10.8 Å². The van der Waals surface area contributed by atoms with Crippen molar-refractivity contribution in [3.05, 3.63) is 30.3 Å². The highest BCUT2D eigenvalue weighted by atomic mass is 16.5. The van der Waals surface area contributed by atoms with Crippen LogP contribution in [0.15, 0.2) is 30.3 Å². The van der Waals surface area contributed by atoms with E-state index in [-0.39, 0.29) is 5.75 Å².